The van der Waals surface area contributed by atoms with Gasteiger partial charge in [-0.3, -0.25) is 0 Å². The lowest BCUT2D eigenvalue weighted by Gasteiger charge is -2.22. The van der Waals surface area contributed by atoms with Crippen LogP contribution in [0.3, 0.4) is 0 Å². The van der Waals surface area contributed by atoms with Crippen molar-refractivity contribution < 1.29 is 0 Å². The third kappa shape index (κ3) is 2.38. The maximum atomic E-state index is 2.34. The molecule has 2 atom stereocenters. The van der Waals surface area contributed by atoms with Crippen LogP contribution in [0.5, 0.6) is 0 Å². The van der Waals surface area contributed by atoms with Crippen molar-refractivity contribution in [3.8, 4) is 0 Å². The van der Waals surface area contributed by atoms with E-state index >= 15 is 0 Å². The summed E-state index contributed by atoms with van der Waals surface area (Å²) < 4.78 is 2.90. The van der Waals surface area contributed by atoms with Gasteiger partial charge in [-0.25, -0.2) is 0 Å². The summed E-state index contributed by atoms with van der Waals surface area (Å²) >= 11 is 3.95. The number of hydrogen-bond donors (Lipinski definition) is 0. The molecule has 25 heavy (non-hydrogen) atoms. The van der Waals surface area contributed by atoms with Crippen LogP contribution in [0.2, 0.25) is 0 Å². The van der Waals surface area contributed by atoms with Gasteiger partial charge in [0.2, 0.25) is 0 Å². The molecule has 0 radical (unpaired) electrons. The second kappa shape index (κ2) is 5.96. The van der Waals surface area contributed by atoms with Crippen LogP contribution in [0.4, 0.5) is 0 Å². The van der Waals surface area contributed by atoms with Gasteiger partial charge in [0.25, 0.3) is 0 Å². The van der Waals surface area contributed by atoms with E-state index in [1.165, 1.54) is 49.2 Å². The lowest BCUT2D eigenvalue weighted by molar-refractivity contribution is 0.629. The SMILES string of the molecule is Cc1sc2ccccc2c1C1CCCC1c1c(C)sc2ccccc12. The summed E-state index contributed by atoms with van der Waals surface area (Å²) in [7, 11) is 0. The van der Waals surface area contributed by atoms with E-state index in [0.29, 0.717) is 11.8 Å². The molecule has 1 fully saturated rings. The summed E-state index contributed by atoms with van der Waals surface area (Å²) in [5.74, 6) is 1.35. The smallest absolute Gasteiger partial charge is 0.0348 e. The van der Waals surface area contributed by atoms with E-state index in [1.54, 1.807) is 11.1 Å². The molecule has 2 heterocycles. The molecular formula is C23H22S2. The van der Waals surface area contributed by atoms with E-state index < -0.39 is 0 Å². The molecule has 2 unspecified atom stereocenters. The summed E-state index contributed by atoms with van der Waals surface area (Å²) in [6.07, 6.45) is 4.01. The third-order valence-electron chi connectivity index (χ3n) is 5.90. The number of thiophene rings is 2. The number of hydrogen-bond acceptors (Lipinski definition) is 2. The minimum atomic E-state index is 0.674. The zero-order valence-corrected chi connectivity index (χ0v) is 16.3. The van der Waals surface area contributed by atoms with Crippen LogP contribution in [-0.2, 0) is 0 Å². The maximum Gasteiger partial charge on any atom is 0.0348 e. The lowest BCUT2D eigenvalue weighted by Crippen LogP contribution is -2.06. The number of aryl methyl sites for hydroxylation is 2. The van der Waals surface area contributed by atoms with E-state index in [-0.39, 0.29) is 0 Å². The molecule has 126 valence electrons. The van der Waals surface area contributed by atoms with Gasteiger partial charge in [0.1, 0.15) is 0 Å². The summed E-state index contributed by atoms with van der Waals surface area (Å²) in [4.78, 5) is 3.05. The van der Waals surface area contributed by atoms with Crippen LogP contribution in [0.1, 0.15) is 52.0 Å². The molecule has 0 nitrogen and oxygen atoms in total. The van der Waals surface area contributed by atoms with E-state index in [1.807, 2.05) is 22.7 Å². The molecular weight excluding hydrogens is 340 g/mol. The first-order chi connectivity index (χ1) is 12.2. The minimum Gasteiger partial charge on any atom is -0.140 e. The molecule has 0 bridgehead atoms. The molecule has 0 spiro atoms. The van der Waals surface area contributed by atoms with Gasteiger partial charge in [-0.05, 0) is 72.6 Å². The molecule has 1 saturated carbocycles. The molecule has 0 amide bonds. The van der Waals surface area contributed by atoms with Gasteiger partial charge in [-0.2, -0.15) is 0 Å². The molecule has 0 N–H and O–H groups in total. The van der Waals surface area contributed by atoms with E-state index in [4.69, 9.17) is 0 Å². The second-order valence-corrected chi connectivity index (χ2v) is 9.79. The van der Waals surface area contributed by atoms with E-state index in [0.717, 1.165) is 0 Å². The van der Waals surface area contributed by atoms with Crippen LogP contribution < -0.4 is 0 Å². The molecule has 4 aromatic rings. The Labute approximate surface area is 157 Å². The quantitative estimate of drug-likeness (QED) is 0.341. The van der Waals surface area contributed by atoms with Crippen molar-refractivity contribution in [2.45, 2.75) is 44.9 Å². The van der Waals surface area contributed by atoms with Gasteiger partial charge in [0.15, 0.2) is 0 Å². The Hall–Kier alpha value is -1.64. The average Bonchev–Trinajstić information content (AvgIpc) is 3.27. The highest BCUT2D eigenvalue weighted by atomic mass is 32.1. The van der Waals surface area contributed by atoms with Gasteiger partial charge < -0.3 is 0 Å². The van der Waals surface area contributed by atoms with Crippen LogP contribution >= 0.6 is 22.7 Å². The largest absolute Gasteiger partial charge is 0.140 e. The highest BCUT2D eigenvalue weighted by Crippen LogP contribution is 2.53. The molecule has 2 heteroatoms. The van der Waals surface area contributed by atoms with E-state index in [2.05, 4.69) is 62.4 Å². The Bertz CT molecular complexity index is 980. The standard InChI is InChI=1S/C23H22S2/c1-14-22(18-8-3-5-12-20(18)24-14)16-10-7-11-17(16)23-15(2)25-21-13-6-4-9-19(21)23/h3-6,8-9,12-13,16-17H,7,10-11H2,1-2H3. The zero-order chi connectivity index (χ0) is 17.0. The van der Waals surface area contributed by atoms with Crippen molar-refractivity contribution >= 4 is 42.8 Å². The van der Waals surface area contributed by atoms with Crippen molar-refractivity contribution in [1.29, 1.82) is 0 Å². The second-order valence-electron chi connectivity index (χ2n) is 7.28. The van der Waals surface area contributed by atoms with Gasteiger partial charge >= 0.3 is 0 Å². The van der Waals surface area contributed by atoms with Crippen molar-refractivity contribution in [3.63, 3.8) is 0 Å². The normalized spacial score (nSPS) is 20.7. The molecule has 1 aliphatic carbocycles. The topological polar surface area (TPSA) is 0 Å². The van der Waals surface area contributed by atoms with Crippen molar-refractivity contribution in [1.82, 2.24) is 0 Å². The fraction of sp³-hybridized carbons (Fsp3) is 0.304. The highest BCUT2D eigenvalue weighted by Gasteiger charge is 2.35. The summed E-state index contributed by atoms with van der Waals surface area (Å²) in [6, 6.07) is 18.0. The highest BCUT2D eigenvalue weighted by molar-refractivity contribution is 7.19. The van der Waals surface area contributed by atoms with E-state index in [9.17, 15) is 0 Å². The maximum absolute atomic E-state index is 2.34. The van der Waals surface area contributed by atoms with Crippen LogP contribution in [-0.4, -0.2) is 0 Å². The van der Waals surface area contributed by atoms with Gasteiger partial charge in [-0.15, -0.1) is 22.7 Å². The Morgan fingerprint density at radius 2 is 1.12 bits per heavy atom. The van der Waals surface area contributed by atoms with Gasteiger partial charge in [0.05, 0.1) is 0 Å². The van der Waals surface area contributed by atoms with Crippen LogP contribution in [0.15, 0.2) is 48.5 Å². The fourth-order valence-corrected chi connectivity index (χ4v) is 7.22. The minimum absolute atomic E-state index is 0.674. The molecule has 5 rings (SSSR count). The fourth-order valence-electron chi connectivity index (χ4n) is 4.95. The molecule has 0 aliphatic heterocycles. The van der Waals surface area contributed by atoms with Crippen LogP contribution in [0.25, 0.3) is 20.2 Å². The Kier molecular flexibility index (Phi) is 3.72. The first kappa shape index (κ1) is 15.6. The average molecular weight is 363 g/mol. The molecule has 2 aromatic carbocycles. The first-order valence-corrected chi connectivity index (χ1v) is 10.8. The Balaban J connectivity index is 1.69. The predicted octanol–water partition coefficient (Wildman–Crippen LogP) is 7.78. The summed E-state index contributed by atoms with van der Waals surface area (Å²) in [5.41, 5.74) is 3.27. The van der Waals surface area contributed by atoms with Crippen molar-refractivity contribution in [2.24, 2.45) is 0 Å². The number of fused-ring (bicyclic) bond motifs is 2. The molecule has 0 saturated heterocycles. The molecule has 2 aromatic heterocycles. The van der Waals surface area contributed by atoms with Gasteiger partial charge in [0, 0.05) is 19.2 Å². The lowest BCUT2D eigenvalue weighted by atomic mass is 9.82. The van der Waals surface area contributed by atoms with Crippen molar-refractivity contribution in [3.05, 3.63) is 69.4 Å². The number of rotatable bonds is 2. The molecule has 1 aliphatic rings. The summed E-state index contributed by atoms with van der Waals surface area (Å²) in [6.45, 7) is 4.65. The monoisotopic (exact) mass is 362 g/mol. The zero-order valence-electron chi connectivity index (χ0n) is 14.7. The first-order valence-electron chi connectivity index (χ1n) is 9.20. The number of benzene rings is 2. The van der Waals surface area contributed by atoms with Crippen LogP contribution in [0, 0.1) is 13.8 Å². The Morgan fingerprint density at radius 3 is 1.60 bits per heavy atom. The Morgan fingerprint density at radius 1 is 0.680 bits per heavy atom. The predicted molar refractivity (Wildman–Crippen MR) is 112 cm³/mol. The van der Waals surface area contributed by atoms with Gasteiger partial charge in [-0.1, -0.05) is 42.8 Å². The summed E-state index contributed by atoms with van der Waals surface area (Å²) in [5, 5.41) is 3.00. The third-order valence-corrected chi connectivity index (χ3v) is 8.10. The van der Waals surface area contributed by atoms with Crippen molar-refractivity contribution in [2.75, 3.05) is 0 Å².